The molecule has 0 fully saturated rings. The Hall–Kier alpha value is -1.59. The average Bonchev–Trinajstić information content (AvgIpc) is 2.76. The van der Waals surface area contributed by atoms with Gasteiger partial charge in [-0.1, -0.05) is 30.1 Å². The summed E-state index contributed by atoms with van der Waals surface area (Å²) in [4.78, 5) is 15.7. The number of aromatic amines is 1. The van der Waals surface area contributed by atoms with E-state index in [1.165, 1.54) is 12.1 Å². The van der Waals surface area contributed by atoms with E-state index in [0.29, 0.717) is 5.82 Å². The van der Waals surface area contributed by atoms with Crippen LogP contribution in [0.25, 0.3) is 0 Å². The van der Waals surface area contributed by atoms with Gasteiger partial charge in [0.2, 0.25) is 0 Å². The van der Waals surface area contributed by atoms with Crippen LogP contribution < -0.4 is 5.32 Å². The van der Waals surface area contributed by atoms with Crippen LogP contribution in [0.5, 0.6) is 0 Å². The summed E-state index contributed by atoms with van der Waals surface area (Å²) in [6.45, 7) is 1.99. The number of rotatable bonds is 3. The van der Waals surface area contributed by atoms with E-state index in [1.54, 1.807) is 6.07 Å². The number of halogens is 2. The van der Waals surface area contributed by atoms with Crippen molar-refractivity contribution in [1.29, 1.82) is 0 Å². The Morgan fingerprint density at radius 1 is 1.44 bits per heavy atom. The molecule has 0 radical (unpaired) electrons. The van der Waals surface area contributed by atoms with Crippen LogP contribution in [-0.2, 0) is 6.42 Å². The van der Waals surface area contributed by atoms with Gasteiger partial charge in [-0.15, -0.1) is 0 Å². The standard InChI is InChI=1S/C11H10Cl2N4O/c1-2-6-5-9(17-16-6)15-11(18)7-3-4-8(12)14-10(7)13/h3-5H,2H2,1H3,(H2,15,16,17,18). The molecule has 0 saturated carbocycles. The Labute approximate surface area is 114 Å². The number of nitrogens with zero attached hydrogens (tertiary/aromatic N) is 2. The second-order valence-electron chi connectivity index (χ2n) is 3.56. The molecular weight excluding hydrogens is 275 g/mol. The summed E-state index contributed by atoms with van der Waals surface area (Å²) >= 11 is 11.5. The number of anilines is 1. The van der Waals surface area contributed by atoms with Gasteiger partial charge in [-0.25, -0.2) is 4.98 Å². The molecule has 2 N–H and O–H groups in total. The van der Waals surface area contributed by atoms with Crippen LogP contribution in [0.1, 0.15) is 23.0 Å². The molecule has 5 nitrogen and oxygen atoms in total. The van der Waals surface area contributed by atoms with Crippen molar-refractivity contribution in [2.45, 2.75) is 13.3 Å². The van der Waals surface area contributed by atoms with E-state index < -0.39 is 0 Å². The van der Waals surface area contributed by atoms with Crippen LogP contribution in [0.3, 0.4) is 0 Å². The summed E-state index contributed by atoms with van der Waals surface area (Å²) in [5.74, 6) is 0.0705. The molecule has 2 heterocycles. The first-order chi connectivity index (χ1) is 8.60. The van der Waals surface area contributed by atoms with Crippen molar-refractivity contribution in [3.63, 3.8) is 0 Å². The van der Waals surface area contributed by atoms with Crippen molar-refractivity contribution in [2.75, 3.05) is 5.32 Å². The highest BCUT2D eigenvalue weighted by molar-refractivity contribution is 6.35. The molecule has 0 unspecified atom stereocenters. The minimum Gasteiger partial charge on any atom is -0.305 e. The molecule has 0 spiro atoms. The van der Waals surface area contributed by atoms with E-state index >= 15 is 0 Å². The zero-order valence-electron chi connectivity index (χ0n) is 9.50. The summed E-state index contributed by atoms with van der Waals surface area (Å²) in [6, 6.07) is 4.78. The highest BCUT2D eigenvalue weighted by Crippen LogP contribution is 2.18. The van der Waals surface area contributed by atoms with E-state index in [2.05, 4.69) is 20.5 Å². The van der Waals surface area contributed by atoms with Crippen LogP contribution >= 0.6 is 23.2 Å². The fraction of sp³-hybridized carbons (Fsp3) is 0.182. The van der Waals surface area contributed by atoms with Gasteiger partial charge in [0.25, 0.3) is 5.91 Å². The van der Waals surface area contributed by atoms with Gasteiger partial charge in [0, 0.05) is 11.8 Å². The molecule has 0 aliphatic heterocycles. The number of amides is 1. The number of aryl methyl sites for hydroxylation is 1. The summed E-state index contributed by atoms with van der Waals surface area (Å²) in [5.41, 5.74) is 1.19. The number of H-pyrrole nitrogens is 1. The first-order valence-corrected chi connectivity index (χ1v) is 6.03. The van der Waals surface area contributed by atoms with E-state index in [4.69, 9.17) is 23.2 Å². The third-order valence-corrected chi connectivity index (χ3v) is 2.81. The van der Waals surface area contributed by atoms with E-state index in [9.17, 15) is 4.79 Å². The number of nitrogens with one attached hydrogen (secondary N) is 2. The van der Waals surface area contributed by atoms with Crippen LogP contribution in [0, 0.1) is 0 Å². The number of carbonyl (C=O) groups is 1. The van der Waals surface area contributed by atoms with Gasteiger partial charge in [0.05, 0.1) is 5.56 Å². The van der Waals surface area contributed by atoms with E-state index in [1.807, 2.05) is 6.92 Å². The van der Waals surface area contributed by atoms with Gasteiger partial charge in [-0.05, 0) is 18.6 Å². The molecule has 0 aliphatic carbocycles. The van der Waals surface area contributed by atoms with Crippen molar-refractivity contribution in [3.05, 3.63) is 39.8 Å². The monoisotopic (exact) mass is 284 g/mol. The first-order valence-electron chi connectivity index (χ1n) is 5.28. The van der Waals surface area contributed by atoms with Crippen molar-refractivity contribution in [1.82, 2.24) is 15.2 Å². The van der Waals surface area contributed by atoms with Gasteiger partial charge in [-0.3, -0.25) is 9.89 Å². The van der Waals surface area contributed by atoms with Crippen LogP contribution in [0.2, 0.25) is 10.3 Å². The lowest BCUT2D eigenvalue weighted by Gasteiger charge is -2.03. The molecule has 0 aliphatic rings. The lowest BCUT2D eigenvalue weighted by atomic mass is 10.2. The fourth-order valence-electron chi connectivity index (χ4n) is 1.37. The first kappa shape index (κ1) is 12.9. The number of pyridine rings is 1. The van der Waals surface area contributed by atoms with Crippen LogP contribution in [0.4, 0.5) is 5.82 Å². The van der Waals surface area contributed by atoms with E-state index in [-0.39, 0.29) is 21.8 Å². The molecule has 0 aromatic carbocycles. The zero-order chi connectivity index (χ0) is 13.1. The number of hydrogen-bond acceptors (Lipinski definition) is 3. The van der Waals surface area contributed by atoms with Crippen molar-refractivity contribution < 1.29 is 4.79 Å². The molecule has 18 heavy (non-hydrogen) atoms. The maximum Gasteiger partial charge on any atom is 0.259 e. The van der Waals surface area contributed by atoms with Crippen molar-refractivity contribution in [3.8, 4) is 0 Å². The van der Waals surface area contributed by atoms with Gasteiger partial charge in [-0.2, -0.15) is 5.10 Å². The van der Waals surface area contributed by atoms with E-state index in [0.717, 1.165) is 12.1 Å². The van der Waals surface area contributed by atoms with Gasteiger partial charge in [0.15, 0.2) is 5.82 Å². The predicted molar refractivity (Wildman–Crippen MR) is 70.2 cm³/mol. The molecule has 0 saturated heterocycles. The molecule has 0 bridgehead atoms. The minimum atomic E-state index is -0.377. The highest BCUT2D eigenvalue weighted by atomic mass is 35.5. The molecule has 2 aromatic heterocycles. The molecular formula is C11H10Cl2N4O. The third kappa shape index (κ3) is 2.80. The molecule has 1 amide bonds. The van der Waals surface area contributed by atoms with Gasteiger partial charge < -0.3 is 5.32 Å². The molecule has 7 heteroatoms. The Morgan fingerprint density at radius 3 is 2.83 bits per heavy atom. The summed E-state index contributed by atoms with van der Waals surface area (Å²) in [6.07, 6.45) is 0.812. The highest BCUT2D eigenvalue weighted by Gasteiger charge is 2.13. The fourth-order valence-corrected chi connectivity index (χ4v) is 1.80. The quantitative estimate of drug-likeness (QED) is 0.852. The molecule has 0 atom stereocenters. The maximum absolute atomic E-state index is 11.9. The topological polar surface area (TPSA) is 70.7 Å². The summed E-state index contributed by atoms with van der Waals surface area (Å²) in [5, 5.41) is 9.68. The Bertz CT molecular complexity index is 582. The van der Waals surface area contributed by atoms with Gasteiger partial charge in [0.1, 0.15) is 10.3 Å². The predicted octanol–water partition coefficient (Wildman–Crippen LogP) is 2.93. The summed E-state index contributed by atoms with van der Waals surface area (Å²) in [7, 11) is 0. The SMILES string of the molecule is CCc1cc(NC(=O)c2ccc(Cl)nc2Cl)n[nH]1. The summed E-state index contributed by atoms with van der Waals surface area (Å²) < 4.78 is 0. The molecule has 2 rings (SSSR count). The zero-order valence-corrected chi connectivity index (χ0v) is 11.0. The number of aromatic nitrogens is 3. The average molecular weight is 285 g/mol. The molecule has 2 aromatic rings. The minimum absolute atomic E-state index is 0.0613. The van der Waals surface area contributed by atoms with Crippen molar-refractivity contribution >= 4 is 34.9 Å². The normalized spacial score (nSPS) is 10.4. The van der Waals surface area contributed by atoms with Crippen LogP contribution in [0.15, 0.2) is 18.2 Å². The Balaban J connectivity index is 2.16. The lowest BCUT2D eigenvalue weighted by molar-refractivity contribution is 0.102. The smallest absolute Gasteiger partial charge is 0.259 e. The van der Waals surface area contributed by atoms with Crippen LogP contribution in [-0.4, -0.2) is 21.1 Å². The number of carbonyl (C=O) groups excluding carboxylic acids is 1. The maximum atomic E-state index is 11.9. The third-order valence-electron chi connectivity index (χ3n) is 2.31. The lowest BCUT2D eigenvalue weighted by Crippen LogP contribution is -2.13. The second kappa shape index (κ2) is 5.37. The second-order valence-corrected chi connectivity index (χ2v) is 4.30. The largest absolute Gasteiger partial charge is 0.305 e. The van der Waals surface area contributed by atoms with Gasteiger partial charge >= 0.3 is 0 Å². The Morgan fingerprint density at radius 2 is 2.22 bits per heavy atom. The number of hydrogen-bond donors (Lipinski definition) is 2. The van der Waals surface area contributed by atoms with Crippen molar-refractivity contribution in [2.24, 2.45) is 0 Å². The molecule has 94 valence electrons. The Kier molecular flexibility index (Phi) is 3.84.